The van der Waals surface area contributed by atoms with Crippen LogP contribution in [0.25, 0.3) is 0 Å². The van der Waals surface area contributed by atoms with Gasteiger partial charge in [-0.3, -0.25) is 4.99 Å². The number of amidine groups is 1. The van der Waals surface area contributed by atoms with Gasteiger partial charge in [0.2, 0.25) is 0 Å². The van der Waals surface area contributed by atoms with Crippen LogP contribution >= 0.6 is 11.8 Å². The van der Waals surface area contributed by atoms with Crippen molar-refractivity contribution in [1.82, 2.24) is 10.2 Å². The Hall–Kier alpha value is -1.00. The summed E-state index contributed by atoms with van der Waals surface area (Å²) in [5.74, 6) is 1.91. The number of hydrogen-bond donors (Lipinski definition) is 1. The van der Waals surface area contributed by atoms with Crippen molar-refractivity contribution < 1.29 is 0 Å². The van der Waals surface area contributed by atoms with Crippen molar-refractivity contribution in [3.8, 4) is 0 Å². The molecule has 0 radical (unpaired) electrons. The molecule has 1 saturated heterocycles. The number of thioether (sulfide) groups is 1. The lowest BCUT2D eigenvalue weighted by Gasteiger charge is -2.28. The Morgan fingerprint density at radius 3 is 2.76 bits per heavy atom. The van der Waals surface area contributed by atoms with E-state index in [2.05, 4.69) is 66.4 Å². The lowest BCUT2D eigenvalue weighted by atomic mass is 10.1. The average molecular weight is 305 g/mol. The number of benzene rings is 1. The SMILES string of the molecule is CC1CSC(=NCCCN(C)Cc2ccccc2)NC1C. The zero-order chi connectivity index (χ0) is 15.1. The van der Waals surface area contributed by atoms with E-state index in [-0.39, 0.29) is 0 Å². The van der Waals surface area contributed by atoms with Gasteiger partial charge in [-0.25, -0.2) is 0 Å². The fraction of sp³-hybridized carbons (Fsp3) is 0.588. The summed E-state index contributed by atoms with van der Waals surface area (Å²) in [5, 5.41) is 4.62. The van der Waals surface area contributed by atoms with Crippen LogP contribution in [-0.4, -0.2) is 42.0 Å². The standard InChI is InChI=1S/C17H27N3S/c1-14-13-21-17(19-15(14)2)18-10-7-11-20(3)12-16-8-5-4-6-9-16/h4-6,8-9,14-15H,7,10-13H2,1-3H3,(H,18,19). The van der Waals surface area contributed by atoms with Crippen molar-refractivity contribution in [1.29, 1.82) is 0 Å². The lowest BCUT2D eigenvalue weighted by molar-refractivity contribution is 0.324. The van der Waals surface area contributed by atoms with Gasteiger partial charge in [0.15, 0.2) is 5.17 Å². The molecule has 1 aliphatic heterocycles. The highest BCUT2D eigenvalue weighted by Gasteiger charge is 2.20. The lowest BCUT2D eigenvalue weighted by Crippen LogP contribution is -2.41. The minimum atomic E-state index is 0.547. The minimum absolute atomic E-state index is 0.547. The number of hydrogen-bond acceptors (Lipinski definition) is 3. The van der Waals surface area contributed by atoms with Gasteiger partial charge in [-0.1, -0.05) is 49.0 Å². The summed E-state index contributed by atoms with van der Waals surface area (Å²) in [6, 6.07) is 11.2. The Kier molecular flexibility index (Phi) is 6.58. The molecule has 0 amide bonds. The second-order valence-corrected chi connectivity index (χ2v) is 6.99. The Balaban J connectivity index is 1.65. The molecule has 1 N–H and O–H groups in total. The highest BCUT2D eigenvalue weighted by Crippen LogP contribution is 2.19. The number of aliphatic imine (C=N–C) groups is 1. The highest BCUT2D eigenvalue weighted by atomic mass is 32.2. The summed E-state index contributed by atoms with van der Waals surface area (Å²) in [7, 11) is 2.18. The van der Waals surface area contributed by atoms with Crippen molar-refractivity contribution in [3.05, 3.63) is 35.9 Å². The Labute approximate surface area is 133 Å². The summed E-state index contributed by atoms with van der Waals surface area (Å²) >= 11 is 1.86. The van der Waals surface area contributed by atoms with Crippen LogP contribution in [0, 0.1) is 5.92 Å². The first-order chi connectivity index (χ1) is 10.1. The van der Waals surface area contributed by atoms with Gasteiger partial charge >= 0.3 is 0 Å². The molecule has 116 valence electrons. The van der Waals surface area contributed by atoms with Gasteiger partial charge < -0.3 is 10.2 Å². The summed E-state index contributed by atoms with van der Waals surface area (Å²) in [6.07, 6.45) is 1.11. The van der Waals surface area contributed by atoms with Crippen LogP contribution in [0.2, 0.25) is 0 Å². The van der Waals surface area contributed by atoms with Crippen molar-refractivity contribution in [2.24, 2.45) is 10.9 Å². The predicted octanol–water partition coefficient (Wildman–Crippen LogP) is 3.23. The fourth-order valence-electron chi connectivity index (χ4n) is 2.32. The maximum absolute atomic E-state index is 4.69. The smallest absolute Gasteiger partial charge is 0.156 e. The van der Waals surface area contributed by atoms with E-state index in [0.717, 1.165) is 37.1 Å². The molecule has 0 bridgehead atoms. The summed E-state index contributed by atoms with van der Waals surface area (Å²) < 4.78 is 0. The average Bonchev–Trinajstić information content (AvgIpc) is 2.48. The molecular weight excluding hydrogens is 278 g/mol. The van der Waals surface area contributed by atoms with Crippen LogP contribution in [-0.2, 0) is 6.54 Å². The monoisotopic (exact) mass is 305 g/mol. The Bertz CT molecular complexity index is 447. The van der Waals surface area contributed by atoms with Crippen LogP contribution in [0.4, 0.5) is 0 Å². The maximum Gasteiger partial charge on any atom is 0.156 e. The second-order valence-electron chi connectivity index (χ2n) is 5.99. The molecular formula is C17H27N3S. The third-order valence-electron chi connectivity index (χ3n) is 3.94. The van der Waals surface area contributed by atoms with E-state index in [4.69, 9.17) is 0 Å². The molecule has 4 heteroatoms. The molecule has 2 rings (SSSR count). The van der Waals surface area contributed by atoms with Crippen LogP contribution < -0.4 is 5.32 Å². The van der Waals surface area contributed by atoms with Crippen LogP contribution in [0.3, 0.4) is 0 Å². The molecule has 1 heterocycles. The third kappa shape index (κ3) is 5.71. The van der Waals surface area contributed by atoms with Gasteiger partial charge in [0.25, 0.3) is 0 Å². The van der Waals surface area contributed by atoms with E-state index in [9.17, 15) is 0 Å². The van der Waals surface area contributed by atoms with Crippen LogP contribution in [0.5, 0.6) is 0 Å². The summed E-state index contributed by atoms with van der Waals surface area (Å²) in [5.41, 5.74) is 1.37. The van der Waals surface area contributed by atoms with Gasteiger partial charge in [-0.15, -0.1) is 0 Å². The first-order valence-corrected chi connectivity index (χ1v) is 8.80. The zero-order valence-electron chi connectivity index (χ0n) is 13.4. The first-order valence-electron chi connectivity index (χ1n) is 7.81. The molecule has 0 aromatic heterocycles. The Morgan fingerprint density at radius 1 is 1.29 bits per heavy atom. The van der Waals surface area contributed by atoms with Gasteiger partial charge in [-0.2, -0.15) is 0 Å². The number of nitrogens with zero attached hydrogens (tertiary/aromatic N) is 2. The van der Waals surface area contributed by atoms with Crippen molar-refractivity contribution in [2.75, 3.05) is 25.9 Å². The number of nitrogens with one attached hydrogen (secondary N) is 1. The molecule has 1 aromatic carbocycles. The molecule has 21 heavy (non-hydrogen) atoms. The largest absolute Gasteiger partial charge is 0.362 e. The molecule has 1 fully saturated rings. The number of rotatable bonds is 6. The fourth-order valence-corrected chi connectivity index (χ4v) is 3.48. The van der Waals surface area contributed by atoms with Gasteiger partial charge in [0.05, 0.1) is 0 Å². The van der Waals surface area contributed by atoms with Crippen LogP contribution in [0.15, 0.2) is 35.3 Å². The molecule has 1 aromatic rings. The van der Waals surface area contributed by atoms with Gasteiger partial charge in [0.1, 0.15) is 0 Å². The summed E-state index contributed by atoms with van der Waals surface area (Å²) in [6.45, 7) is 7.55. The second kappa shape index (κ2) is 8.44. The van der Waals surface area contributed by atoms with E-state index < -0.39 is 0 Å². The zero-order valence-corrected chi connectivity index (χ0v) is 14.2. The molecule has 0 aliphatic carbocycles. The molecule has 1 aliphatic rings. The Morgan fingerprint density at radius 2 is 2.05 bits per heavy atom. The van der Waals surface area contributed by atoms with E-state index in [1.165, 1.54) is 11.3 Å². The molecule has 2 atom stereocenters. The van der Waals surface area contributed by atoms with Gasteiger partial charge in [0, 0.05) is 24.9 Å². The van der Waals surface area contributed by atoms with E-state index in [0.29, 0.717) is 6.04 Å². The molecule has 3 nitrogen and oxygen atoms in total. The third-order valence-corrected chi connectivity index (χ3v) is 5.15. The highest BCUT2D eigenvalue weighted by molar-refractivity contribution is 8.13. The molecule has 2 unspecified atom stereocenters. The predicted molar refractivity (Wildman–Crippen MR) is 93.9 cm³/mol. The van der Waals surface area contributed by atoms with Crippen LogP contribution in [0.1, 0.15) is 25.8 Å². The molecule has 0 saturated carbocycles. The summed E-state index contributed by atoms with van der Waals surface area (Å²) in [4.78, 5) is 7.05. The van der Waals surface area contributed by atoms with E-state index >= 15 is 0 Å². The first kappa shape index (κ1) is 16.4. The normalized spacial score (nSPS) is 24.3. The maximum atomic E-state index is 4.69. The molecule has 0 spiro atoms. The van der Waals surface area contributed by atoms with Gasteiger partial charge in [-0.05, 0) is 38.4 Å². The van der Waals surface area contributed by atoms with E-state index in [1.807, 2.05) is 11.8 Å². The van der Waals surface area contributed by atoms with E-state index in [1.54, 1.807) is 0 Å². The topological polar surface area (TPSA) is 27.6 Å². The quantitative estimate of drug-likeness (QED) is 0.818. The van der Waals surface area contributed by atoms with Crippen molar-refractivity contribution in [2.45, 2.75) is 32.9 Å². The minimum Gasteiger partial charge on any atom is -0.362 e. The van der Waals surface area contributed by atoms with Crippen molar-refractivity contribution >= 4 is 16.9 Å². The van der Waals surface area contributed by atoms with Crippen molar-refractivity contribution in [3.63, 3.8) is 0 Å².